The molecule has 0 spiro atoms. The van der Waals surface area contributed by atoms with Crippen molar-refractivity contribution in [2.24, 2.45) is 17.6 Å². The van der Waals surface area contributed by atoms with Crippen LogP contribution in [-0.2, 0) is 29.3 Å². The molecular formula is C33H42N2O9S. The number of nitrogens with zero attached hydrogens (tertiary/aromatic N) is 1. The van der Waals surface area contributed by atoms with Gasteiger partial charge in [0.1, 0.15) is 28.9 Å². The number of amides is 1. The molecule has 2 fully saturated rings. The van der Waals surface area contributed by atoms with Crippen molar-refractivity contribution < 1.29 is 44.3 Å². The Morgan fingerprint density at radius 1 is 1.13 bits per heavy atom. The molecule has 1 aromatic rings. The predicted octanol–water partition coefficient (Wildman–Crippen LogP) is 3.02. The number of phenols is 1. The van der Waals surface area contributed by atoms with Gasteiger partial charge in [0, 0.05) is 40.4 Å². The third-order valence-electron chi connectivity index (χ3n) is 9.83. The lowest BCUT2D eigenvalue weighted by molar-refractivity contribution is -0.185. The Labute approximate surface area is 266 Å². The molecule has 11 nitrogen and oxygen atoms in total. The Morgan fingerprint density at radius 3 is 2.29 bits per heavy atom. The molecule has 4 aliphatic carbocycles. The topological polar surface area (TPSA) is 188 Å². The lowest BCUT2D eigenvalue weighted by Gasteiger charge is -2.55. The number of fused-ring (bicyclic) bond motifs is 3. The van der Waals surface area contributed by atoms with Crippen LogP contribution in [0.1, 0.15) is 76.0 Å². The molecule has 12 heteroatoms. The number of nitrogens with two attached hydrogens (primary N) is 1. The van der Waals surface area contributed by atoms with Crippen LogP contribution in [-0.4, -0.2) is 91.6 Å². The highest BCUT2D eigenvalue weighted by atomic mass is 32.2. The highest BCUT2D eigenvalue weighted by molar-refractivity contribution is 8.00. The van der Waals surface area contributed by atoms with E-state index in [0.29, 0.717) is 22.1 Å². The number of thioether (sulfide) groups is 1. The quantitative estimate of drug-likeness (QED) is 0.217. The van der Waals surface area contributed by atoms with Crippen molar-refractivity contribution in [1.29, 1.82) is 0 Å². The lowest BCUT2D eigenvalue weighted by atomic mass is 9.54. The molecule has 0 aromatic heterocycles. The summed E-state index contributed by atoms with van der Waals surface area (Å²) in [6, 6.07) is 2.17. The minimum atomic E-state index is -2.97. The van der Waals surface area contributed by atoms with E-state index in [-0.39, 0.29) is 23.3 Å². The Hall–Kier alpha value is -3.35. The van der Waals surface area contributed by atoms with Gasteiger partial charge < -0.3 is 30.9 Å². The Balaban J connectivity index is 1.85. The number of aromatic hydroxyl groups is 1. The van der Waals surface area contributed by atoms with Crippen molar-refractivity contribution in [3.8, 4) is 5.75 Å². The van der Waals surface area contributed by atoms with E-state index in [2.05, 4.69) is 0 Å². The molecule has 6 atom stereocenters. The first-order valence-electron chi connectivity index (χ1n) is 15.3. The Bertz CT molecular complexity index is 1540. The number of rotatable bonds is 7. The molecule has 0 aliphatic heterocycles. The maximum Gasteiger partial charge on any atom is 0.305 e. The number of benzene rings is 1. The van der Waals surface area contributed by atoms with Crippen LogP contribution in [0.4, 0.5) is 0 Å². The highest BCUT2D eigenvalue weighted by Gasteiger charge is 2.70. The van der Waals surface area contributed by atoms with E-state index >= 15 is 0 Å². The van der Waals surface area contributed by atoms with Gasteiger partial charge in [-0.15, -0.1) is 0 Å². The molecule has 0 heterocycles. The second-order valence-electron chi connectivity index (χ2n) is 13.7. The maximum absolute atomic E-state index is 14.7. The molecule has 0 saturated heterocycles. The van der Waals surface area contributed by atoms with Crippen molar-refractivity contribution in [3.63, 3.8) is 0 Å². The van der Waals surface area contributed by atoms with E-state index in [9.17, 15) is 39.6 Å². The number of aliphatic hydroxyl groups excluding tert-OH is 2. The normalized spacial score (nSPS) is 30.1. The SMILES string of the molecule is CCC(=O)O[C@H]1[C@H]2C(=C(O)c3c(ccc(C(C)(C)C)c3O)[C@@H]2CSC2CCC2)C(=O)[C@]2(O)C(O)=C(C(N)=O)C(=O)[C@@H](N(C)C)[C@H]12. The molecule has 5 rings (SSSR count). The van der Waals surface area contributed by atoms with Gasteiger partial charge in [0.2, 0.25) is 5.78 Å². The zero-order chi connectivity index (χ0) is 33.3. The molecule has 2 saturated carbocycles. The van der Waals surface area contributed by atoms with Gasteiger partial charge in [-0.05, 0) is 37.9 Å². The van der Waals surface area contributed by atoms with E-state index in [4.69, 9.17) is 10.5 Å². The number of phenolic OH excluding ortho intramolecular Hbond substituents is 1. The Morgan fingerprint density at radius 2 is 1.78 bits per heavy atom. The lowest BCUT2D eigenvalue weighted by Crippen LogP contribution is -2.71. The molecular weight excluding hydrogens is 600 g/mol. The molecule has 6 N–H and O–H groups in total. The van der Waals surface area contributed by atoms with Crippen LogP contribution in [0.5, 0.6) is 5.75 Å². The van der Waals surface area contributed by atoms with E-state index in [0.717, 1.165) is 19.3 Å². The number of carbonyl (C=O) groups is 4. The van der Waals surface area contributed by atoms with Crippen molar-refractivity contribution in [3.05, 3.63) is 45.7 Å². The molecule has 0 unspecified atom stereocenters. The van der Waals surface area contributed by atoms with Gasteiger partial charge in [0.05, 0.1) is 17.5 Å². The molecule has 244 valence electrons. The number of ether oxygens (including phenoxy) is 1. The average Bonchev–Trinajstić information content (AvgIpc) is 2.91. The summed E-state index contributed by atoms with van der Waals surface area (Å²) in [5.41, 5.74) is 1.76. The van der Waals surface area contributed by atoms with Gasteiger partial charge in [-0.25, -0.2) is 0 Å². The fourth-order valence-electron chi connectivity index (χ4n) is 7.36. The maximum atomic E-state index is 14.7. The summed E-state index contributed by atoms with van der Waals surface area (Å²) in [5, 5.41) is 47.6. The monoisotopic (exact) mass is 642 g/mol. The van der Waals surface area contributed by atoms with E-state index < -0.39 is 81.4 Å². The largest absolute Gasteiger partial charge is 0.508 e. The smallest absolute Gasteiger partial charge is 0.305 e. The number of hydrogen-bond acceptors (Lipinski definition) is 11. The summed E-state index contributed by atoms with van der Waals surface area (Å²) < 4.78 is 6.02. The van der Waals surface area contributed by atoms with Gasteiger partial charge in [-0.3, -0.25) is 24.1 Å². The Kier molecular flexibility index (Phi) is 8.42. The van der Waals surface area contributed by atoms with Gasteiger partial charge >= 0.3 is 5.97 Å². The van der Waals surface area contributed by atoms with Crippen LogP contribution in [0.15, 0.2) is 29.0 Å². The zero-order valence-electron chi connectivity index (χ0n) is 26.4. The summed E-state index contributed by atoms with van der Waals surface area (Å²) in [6.07, 6.45) is 1.64. The van der Waals surface area contributed by atoms with Crippen LogP contribution in [0.3, 0.4) is 0 Å². The number of esters is 1. The molecule has 45 heavy (non-hydrogen) atoms. The summed E-state index contributed by atoms with van der Waals surface area (Å²) >= 11 is 1.68. The second kappa shape index (κ2) is 11.5. The number of ketones is 2. The first-order valence-corrected chi connectivity index (χ1v) is 16.3. The second-order valence-corrected chi connectivity index (χ2v) is 15.1. The van der Waals surface area contributed by atoms with Gasteiger partial charge in [0.15, 0.2) is 11.4 Å². The van der Waals surface area contributed by atoms with E-state index in [1.165, 1.54) is 19.0 Å². The van der Waals surface area contributed by atoms with Crippen LogP contribution >= 0.6 is 11.8 Å². The molecule has 4 aliphatic rings. The van der Waals surface area contributed by atoms with Crippen molar-refractivity contribution in [2.75, 3.05) is 19.8 Å². The van der Waals surface area contributed by atoms with E-state index in [1.54, 1.807) is 30.8 Å². The standard InChI is InChI=1S/C33H42N2O9S/c1-7-18(36)44-28-19-16(13-45-14-9-8-10-14)15-11-12-17(32(2,3)4)25(37)20(15)26(38)21(19)29(40)33(43)23(28)24(35(5)6)27(39)22(30(33)41)31(34)42/h11-12,14,16,19,23-24,28,37-38,41,43H,7-10,13H2,1-6H3,(H2,34,42)/t16-,19+,23+,24-,28-,33-/m0/s1. The third kappa shape index (κ3) is 4.96. The number of likely N-dealkylation sites (N-methyl/N-ethyl adjacent to an activating group) is 1. The first-order chi connectivity index (χ1) is 21.0. The van der Waals surface area contributed by atoms with Crippen molar-refractivity contribution >= 4 is 41.0 Å². The fraction of sp³-hybridized carbons (Fsp3) is 0.576. The van der Waals surface area contributed by atoms with Crippen LogP contribution in [0.25, 0.3) is 5.76 Å². The van der Waals surface area contributed by atoms with Gasteiger partial charge in [0.25, 0.3) is 5.91 Å². The van der Waals surface area contributed by atoms with Crippen molar-refractivity contribution in [1.82, 2.24) is 4.90 Å². The number of hydrogen-bond donors (Lipinski definition) is 5. The highest BCUT2D eigenvalue weighted by Crippen LogP contribution is 2.58. The number of primary amides is 1. The molecule has 0 radical (unpaired) electrons. The minimum Gasteiger partial charge on any atom is -0.508 e. The molecule has 0 bridgehead atoms. The van der Waals surface area contributed by atoms with Gasteiger partial charge in [-0.1, -0.05) is 46.2 Å². The number of carbonyl (C=O) groups excluding carboxylic acids is 4. The number of aliphatic hydroxyl groups is 3. The zero-order valence-corrected chi connectivity index (χ0v) is 27.2. The average molecular weight is 643 g/mol. The third-order valence-corrected chi connectivity index (χ3v) is 11.3. The first kappa shape index (κ1) is 33.0. The molecule has 1 aromatic carbocycles. The van der Waals surface area contributed by atoms with E-state index in [1.807, 2.05) is 20.8 Å². The summed E-state index contributed by atoms with van der Waals surface area (Å²) in [6.45, 7) is 7.24. The molecule has 1 amide bonds. The van der Waals surface area contributed by atoms with Crippen molar-refractivity contribution in [2.45, 2.75) is 87.7 Å². The summed E-state index contributed by atoms with van der Waals surface area (Å²) in [4.78, 5) is 55.3. The van der Waals surface area contributed by atoms with Gasteiger partial charge in [-0.2, -0.15) is 11.8 Å². The predicted molar refractivity (Wildman–Crippen MR) is 168 cm³/mol. The fourth-order valence-corrected chi connectivity index (χ4v) is 8.90. The summed E-state index contributed by atoms with van der Waals surface area (Å²) in [5.74, 6) is -9.02. The number of Topliss-reactive ketones (excluding diaryl/α,β-unsaturated/α-hetero) is 2. The van der Waals surface area contributed by atoms with Crippen LogP contribution < -0.4 is 5.73 Å². The summed E-state index contributed by atoms with van der Waals surface area (Å²) in [7, 11) is 3.00. The van der Waals surface area contributed by atoms with Crippen LogP contribution in [0, 0.1) is 11.8 Å². The minimum absolute atomic E-state index is 0.0264. The van der Waals surface area contributed by atoms with Crippen LogP contribution in [0.2, 0.25) is 0 Å².